The Balaban J connectivity index is 2.27. The molecule has 2 rings (SSSR count). The highest BCUT2D eigenvalue weighted by Crippen LogP contribution is 2.19. The first-order valence-corrected chi connectivity index (χ1v) is 6.59. The minimum absolute atomic E-state index is 0.0510. The lowest BCUT2D eigenvalue weighted by atomic mass is 10.2. The summed E-state index contributed by atoms with van der Waals surface area (Å²) in [6.07, 6.45) is 2.27. The molecule has 0 atom stereocenters. The Bertz CT molecular complexity index is 508. The van der Waals surface area contributed by atoms with Gasteiger partial charge >= 0.3 is 0 Å². The first-order chi connectivity index (χ1) is 9.11. The van der Waals surface area contributed by atoms with Crippen molar-refractivity contribution in [2.24, 2.45) is 5.84 Å². The first-order valence-electron chi connectivity index (χ1n) is 5.80. The van der Waals surface area contributed by atoms with E-state index in [9.17, 15) is 9.59 Å². The van der Waals surface area contributed by atoms with Gasteiger partial charge in [0.15, 0.2) is 5.82 Å². The van der Waals surface area contributed by atoms with Crippen LogP contribution in [0.25, 0.3) is 0 Å². The van der Waals surface area contributed by atoms with Crippen LogP contribution < -0.4 is 16.6 Å². The molecule has 1 saturated heterocycles. The number of aromatic nitrogens is 1. The zero-order chi connectivity index (χ0) is 13.8. The summed E-state index contributed by atoms with van der Waals surface area (Å²) in [6.45, 7) is 1.16. The van der Waals surface area contributed by atoms with Crippen molar-refractivity contribution in [1.82, 2.24) is 15.2 Å². The quantitative estimate of drug-likeness (QED) is 0.528. The van der Waals surface area contributed by atoms with Gasteiger partial charge in [0, 0.05) is 23.8 Å². The molecule has 0 radical (unpaired) electrons. The Kier molecular flexibility index (Phi) is 4.33. The highest BCUT2D eigenvalue weighted by Gasteiger charge is 2.23. The molecule has 0 aliphatic carbocycles. The lowest BCUT2D eigenvalue weighted by Crippen LogP contribution is -2.37. The number of hydrazine groups is 1. The third-order valence-electron chi connectivity index (χ3n) is 2.77. The standard InChI is InChI=1S/C11H14BrN5O2/c12-7-4-8(10(16-13)15-5-7)11(19)17-3-1-2-14-9(18)6-17/h4-5H,1-3,6,13H2,(H,14,18)(H,15,16). The highest BCUT2D eigenvalue weighted by atomic mass is 79.9. The summed E-state index contributed by atoms with van der Waals surface area (Å²) in [5, 5.41) is 2.72. The second-order valence-corrected chi connectivity index (χ2v) is 5.04. The Labute approximate surface area is 118 Å². The SMILES string of the molecule is NNc1ncc(Br)cc1C(=O)N1CCCNC(=O)C1. The molecule has 0 spiro atoms. The molecule has 7 nitrogen and oxygen atoms in total. The molecule has 2 amide bonds. The van der Waals surface area contributed by atoms with Crippen LogP contribution in [-0.4, -0.2) is 41.3 Å². The van der Waals surface area contributed by atoms with E-state index < -0.39 is 0 Å². The smallest absolute Gasteiger partial charge is 0.258 e. The van der Waals surface area contributed by atoms with E-state index in [2.05, 4.69) is 31.7 Å². The Morgan fingerprint density at radius 2 is 2.37 bits per heavy atom. The molecule has 102 valence electrons. The number of hydrogen-bond acceptors (Lipinski definition) is 5. The van der Waals surface area contributed by atoms with Crippen molar-refractivity contribution in [3.63, 3.8) is 0 Å². The van der Waals surface area contributed by atoms with E-state index in [0.717, 1.165) is 6.42 Å². The predicted octanol–water partition coefficient (Wildman–Crippen LogP) is 0.0918. The van der Waals surface area contributed by atoms with Gasteiger partial charge in [0.2, 0.25) is 5.91 Å². The van der Waals surface area contributed by atoms with E-state index in [4.69, 9.17) is 5.84 Å². The van der Waals surface area contributed by atoms with Crippen LogP contribution in [0.2, 0.25) is 0 Å². The molecule has 1 aliphatic rings. The molecule has 4 N–H and O–H groups in total. The lowest BCUT2D eigenvalue weighted by Gasteiger charge is -2.20. The van der Waals surface area contributed by atoms with Gasteiger partial charge in [-0.3, -0.25) is 9.59 Å². The van der Waals surface area contributed by atoms with E-state index in [0.29, 0.717) is 23.1 Å². The summed E-state index contributed by atoms with van der Waals surface area (Å²) >= 11 is 3.26. The summed E-state index contributed by atoms with van der Waals surface area (Å²) in [4.78, 5) is 29.4. The van der Waals surface area contributed by atoms with Crippen molar-refractivity contribution >= 4 is 33.6 Å². The molecule has 0 aromatic carbocycles. The number of amides is 2. The zero-order valence-corrected chi connectivity index (χ0v) is 11.7. The molecule has 19 heavy (non-hydrogen) atoms. The molecule has 1 aromatic heterocycles. The summed E-state index contributed by atoms with van der Waals surface area (Å²) in [6, 6.07) is 1.63. The molecule has 1 fully saturated rings. The zero-order valence-electron chi connectivity index (χ0n) is 10.1. The van der Waals surface area contributed by atoms with Gasteiger partial charge in [0.05, 0.1) is 12.1 Å². The number of carbonyl (C=O) groups is 2. The summed E-state index contributed by atoms with van der Waals surface area (Å²) in [5.74, 6) is 5.22. The van der Waals surface area contributed by atoms with Crippen LogP contribution in [0.3, 0.4) is 0 Å². The van der Waals surface area contributed by atoms with Crippen molar-refractivity contribution in [2.75, 3.05) is 25.1 Å². The van der Waals surface area contributed by atoms with E-state index >= 15 is 0 Å². The minimum atomic E-state index is -0.265. The van der Waals surface area contributed by atoms with E-state index in [1.807, 2.05) is 0 Å². The molecule has 8 heteroatoms. The van der Waals surface area contributed by atoms with Gasteiger partial charge in [0.1, 0.15) is 0 Å². The van der Waals surface area contributed by atoms with Crippen molar-refractivity contribution in [2.45, 2.75) is 6.42 Å². The Morgan fingerprint density at radius 1 is 1.58 bits per heavy atom. The van der Waals surface area contributed by atoms with Crippen molar-refractivity contribution in [1.29, 1.82) is 0 Å². The number of nitrogens with one attached hydrogen (secondary N) is 2. The molecule has 0 unspecified atom stereocenters. The number of nitrogens with two attached hydrogens (primary N) is 1. The molecular weight excluding hydrogens is 314 g/mol. The number of hydrogen-bond donors (Lipinski definition) is 3. The largest absolute Gasteiger partial charge is 0.354 e. The normalized spacial score (nSPS) is 15.7. The fraction of sp³-hybridized carbons (Fsp3) is 0.364. The van der Waals surface area contributed by atoms with Crippen LogP contribution in [0.15, 0.2) is 16.7 Å². The first kappa shape index (κ1) is 13.8. The van der Waals surface area contributed by atoms with Gasteiger partial charge in [-0.15, -0.1) is 0 Å². The number of carbonyl (C=O) groups excluding carboxylic acids is 2. The Morgan fingerprint density at radius 3 is 3.11 bits per heavy atom. The van der Waals surface area contributed by atoms with Gasteiger partial charge in [-0.2, -0.15) is 0 Å². The number of halogens is 1. The second kappa shape index (κ2) is 5.98. The topological polar surface area (TPSA) is 100 Å². The van der Waals surface area contributed by atoms with Crippen molar-refractivity contribution < 1.29 is 9.59 Å². The fourth-order valence-electron chi connectivity index (χ4n) is 1.87. The van der Waals surface area contributed by atoms with Crippen LogP contribution in [0.5, 0.6) is 0 Å². The minimum Gasteiger partial charge on any atom is -0.354 e. The van der Waals surface area contributed by atoms with Crippen LogP contribution in [0.1, 0.15) is 16.8 Å². The third kappa shape index (κ3) is 3.21. The van der Waals surface area contributed by atoms with Crippen LogP contribution in [0.4, 0.5) is 5.82 Å². The molecule has 0 saturated carbocycles. The molecule has 0 bridgehead atoms. The number of rotatable bonds is 2. The average molecular weight is 328 g/mol. The molecule has 1 aliphatic heterocycles. The van der Waals surface area contributed by atoms with Crippen LogP contribution >= 0.6 is 15.9 Å². The summed E-state index contributed by atoms with van der Waals surface area (Å²) in [5.41, 5.74) is 2.73. The molecule has 2 heterocycles. The van der Waals surface area contributed by atoms with Gasteiger partial charge in [-0.25, -0.2) is 10.8 Å². The molecule has 1 aromatic rings. The van der Waals surface area contributed by atoms with Crippen molar-refractivity contribution in [3.8, 4) is 0 Å². The predicted molar refractivity (Wildman–Crippen MR) is 73.3 cm³/mol. The van der Waals surface area contributed by atoms with Gasteiger partial charge in [-0.1, -0.05) is 0 Å². The summed E-state index contributed by atoms with van der Waals surface area (Å²) < 4.78 is 0.675. The number of nitrogens with zero attached hydrogens (tertiary/aromatic N) is 2. The number of anilines is 1. The fourth-order valence-corrected chi connectivity index (χ4v) is 2.20. The Hall–Kier alpha value is -1.67. The number of pyridine rings is 1. The lowest BCUT2D eigenvalue weighted by molar-refractivity contribution is -0.121. The monoisotopic (exact) mass is 327 g/mol. The van der Waals surface area contributed by atoms with E-state index in [1.54, 1.807) is 12.3 Å². The third-order valence-corrected chi connectivity index (χ3v) is 3.20. The summed E-state index contributed by atoms with van der Waals surface area (Å²) in [7, 11) is 0. The van der Waals surface area contributed by atoms with E-state index in [1.165, 1.54) is 4.90 Å². The van der Waals surface area contributed by atoms with Crippen LogP contribution in [0, 0.1) is 0 Å². The van der Waals surface area contributed by atoms with Gasteiger partial charge in [0.25, 0.3) is 5.91 Å². The van der Waals surface area contributed by atoms with Gasteiger partial charge in [-0.05, 0) is 28.4 Å². The average Bonchev–Trinajstić information content (AvgIpc) is 2.62. The number of nitrogen functional groups attached to an aromatic ring is 1. The van der Waals surface area contributed by atoms with E-state index in [-0.39, 0.29) is 24.2 Å². The molecular formula is C11H14BrN5O2. The van der Waals surface area contributed by atoms with Crippen molar-refractivity contribution in [3.05, 3.63) is 22.3 Å². The highest BCUT2D eigenvalue weighted by molar-refractivity contribution is 9.10. The maximum atomic E-state index is 12.4. The second-order valence-electron chi connectivity index (χ2n) is 4.12. The van der Waals surface area contributed by atoms with Gasteiger partial charge < -0.3 is 15.6 Å². The maximum absolute atomic E-state index is 12.4. The van der Waals surface area contributed by atoms with Crippen LogP contribution in [-0.2, 0) is 4.79 Å². The maximum Gasteiger partial charge on any atom is 0.258 e.